The molecule has 2 rings (SSSR count). The Morgan fingerprint density at radius 2 is 2.05 bits per heavy atom. The molecule has 2 fully saturated rings. The largest absolute Gasteiger partial charge is 0.338 e. The van der Waals surface area contributed by atoms with Gasteiger partial charge in [-0.05, 0) is 57.0 Å². The van der Waals surface area contributed by atoms with E-state index in [0.717, 1.165) is 38.4 Å². The number of carbonyl (C=O) groups excluding carboxylic acids is 1. The lowest BCUT2D eigenvalue weighted by atomic mass is 9.89. The lowest BCUT2D eigenvalue weighted by molar-refractivity contribution is -0.136. The van der Waals surface area contributed by atoms with Gasteiger partial charge in [0.15, 0.2) is 0 Å². The summed E-state index contributed by atoms with van der Waals surface area (Å²) in [5.41, 5.74) is 5.86. The number of nitrogens with two attached hydrogens (primary N) is 1. The van der Waals surface area contributed by atoms with Gasteiger partial charge in [0.25, 0.3) is 0 Å². The van der Waals surface area contributed by atoms with Crippen LogP contribution in [-0.2, 0) is 4.79 Å². The highest BCUT2D eigenvalue weighted by atomic mass is 16.2. The van der Waals surface area contributed by atoms with Gasteiger partial charge in [-0.15, -0.1) is 0 Å². The second-order valence-electron chi connectivity index (χ2n) is 6.24. The van der Waals surface area contributed by atoms with E-state index in [-0.39, 0.29) is 6.04 Å². The summed E-state index contributed by atoms with van der Waals surface area (Å²) in [6.45, 7) is 5.98. The number of hydrogen-bond donors (Lipinski definition) is 2. The predicted octanol–water partition coefficient (Wildman–Crippen LogP) is 1.35. The molecule has 2 atom stereocenters. The molecule has 2 heterocycles. The van der Waals surface area contributed by atoms with E-state index in [9.17, 15) is 4.79 Å². The Kier molecular flexibility index (Phi) is 5.64. The lowest BCUT2D eigenvalue weighted by Crippen LogP contribution is -2.51. The van der Waals surface area contributed by atoms with E-state index in [2.05, 4.69) is 17.1 Å². The fourth-order valence-corrected chi connectivity index (χ4v) is 3.56. The second kappa shape index (κ2) is 7.25. The summed E-state index contributed by atoms with van der Waals surface area (Å²) in [6.07, 6.45) is 6.57. The normalized spacial score (nSPS) is 29.5. The average molecular weight is 267 g/mol. The van der Waals surface area contributed by atoms with E-state index in [1.807, 2.05) is 0 Å². The fraction of sp³-hybridized carbons (Fsp3) is 0.933. The predicted molar refractivity (Wildman–Crippen MR) is 77.8 cm³/mol. The maximum absolute atomic E-state index is 12.4. The molecular weight excluding hydrogens is 238 g/mol. The van der Waals surface area contributed by atoms with Crippen LogP contribution < -0.4 is 11.1 Å². The number of amides is 1. The van der Waals surface area contributed by atoms with E-state index in [1.165, 1.54) is 19.3 Å². The number of nitrogens with one attached hydrogen (secondary N) is 1. The first kappa shape index (κ1) is 14.8. The summed E-state index contributed by atoms with van der Waals surface area (Å²) >= 11 is 0. The zero-order valence-electron chi connectivity index (χ0n) is 12.2. The lowest BCUT2D eigenvalue weighted by Gasteiger charge is -2.39. The first-order valence-electron chi connectivity index (χ1n) is 7.92. The Hall–Kier alpha value is -0.610. The summed E-state index contributed by atoms with van der Waals surface area (Å²) in [7, 11) is 0. The van der Waals surface area contributed by atoms with Gasteiger partial charge in [0.05, 0.1) is 0 Å². The van der Waals surface area contributed by atoms with Gasteiger partial charge < -0.3 is 16.0 Å². The molecule has 0 spiro atoms. The van der Waals surface area contributed by atoms with Gasteiger partial charge in [-0.2, -0.15) is 0 Å². The molecule has 0 aromatic carbocycles. The molecule has 2 unspecified atom stereocenters. The number of piperidine rings is 2. The molecule has 0 aromatic heterocycles. The van der Waals surface area contributed by atoms with Crippen LogP contribution in [0.25, 0.3) is 0 Å². The van der Waals surface area contributed by atoms with Crippen LogP contribution in [0.4, 0.5) is 0 Å². The van der Waals surface area contributed by atoms with Gasteiger partial charge in [0.1, 0.15) is 0 Å². The van der Waals surface area contributed by atoms with Gasteiger partial charge in [-0.3, -0.25) is 4.79 Å². The molecule has 0 bridgehead atoms. The number of likely N-dealkylation sites (tertiary alicyclic amines) is 1. The topological polar surface area (TPSA) is 58.4 Å². The molecule has 0 aromatic rings. The van der Waals surface area contributed by atoms with Crippen molar-refractivity contribution in [3.05, 3.63) is 0 Å². The molecule has 2 aliphatic heterocycles. The molecule has 0 aliphatic carbocycles. The SMILES string of the molecule is CC1CCCN(C(=O)CCC2CCNCC2)C1CN. The number of rotatable bonds is 4. The van der Waals surface area contributed by atoms with Crippen molar-refractivity contribution in [2.75, 3.05) is 26.2 Å². The van der Waals surface area contributed by atoms with Crippen molar-refractivity contribution >= 4 is 5.91 Å². The molecule has 4 heteroatoms. The van der Waals surface area contributed by atoms with Gasteiger partial charge >= 0.3 is 0 Å². The minimum Gasteiger partial charge on any atom is -0.338 e. The molecule has 110 valence electrons. The molecule has 2 aliphatic rings. The Bertz CT molecular complexity index is 289. The molecule has 0 saturated carbocycles. The van der Waals surface area contributed by atoms with Crippen LogP contribution in [0.2, 0.25) is 0 Å². The van der Waals surface area contributed by atoms with E-state index >= 15 is 0 Å². The third-order valence-corrected chi connectivity index (χ3v) is 4.90. The Morgan fingerprint density at radius 1 is 1.32 bits per heavy atom. The molecule has 3 N–H and O–H groups in total. The maximum atomic E-state index is 12.4. The Labute approximate surface area is 117 Å². The molecule has 0 radical (unpaired) electrons. The first-order valence-corrected chi connectivity index (χ1v) is 7.92. The third kappa shape index (κ3) is 3.93. The quantitative estimate of drug-likeness (QED) is 0.808. The highest BCUT2D eigenvalue weighted by Crippen LogP contribution is 2.25. The van der Waals surface area contributed by atoms with E-state index in [4.69, 9.17) is 5.73 Å². The van der Waals surface area contributed by atoms with Gasteiger partial charge in [-0.25, -0.2) is 0 Å². The van der Waals surface area contributed by atoms with Crippen molar-refractivity contribution in [3.8, 4) is 0 Å². The highest BCUT2D eigenvalue weighted by Gasteiger charge is 2.30. The Balaban J connectivity index is 1.80. The van der Waals surface area contributed by atoms with E-state index in [1.54, 1.807) is 0 Å². The molecule has 19 heavy (non-hydrogen) atoms. The smallest absolute Gasteiger partial charge is 0.222 e. The molecular formula is C15H29N3O. The van der Waals surface area contributed by atoms with Crippen molar-refractivity contribution < 1.29 is 4.79 Å². The summed E-state index contributed by atoms with van der Waals surface area (Å²) in [6, 6.07) is 0.272. The number of nitrogens with zero attached hydrogens (tertiary/aromatic N) is 1. The summed E-state index contributed by atoms with van der Waals surface area (Å²) in [4.78, 5) is 14.5. The fourth-order valence-electron chi connectivity index (χ4n) is 3.56. The van der Waals surface area contributed by atoms with Gasteiger partial charge in [0, 0.05) is 25.6 Å². The molecule has 1 amide bonds. The number of hydrogen-bond acceptors (Lipinski definition) is 3. The van der Waals surface area contributed by atoms with Crippen molar-refractivity contribution in [3.63, 3.8) is 0 Å². The van der Waals surface area contributed by atoms with Crippen molar-refractivity contribution in [1.29, 1.82) is 0 Å². The number of carbonyl (C=O) groups is 1. The van der Waals surface area contributed by atoms with Crippen molar-refractivity contribution in [1.82, 2.24) is 10.2 Å². The van der Waals surface area contributed by atoms with Gasteiger partial charge in [-0.1, -0.05) is 6.92 Å². The van der Waals surface area contributed by atoms with Crippen LogP contribution in [0.15, 0.2) is 0 Å². The maximum Gasteiger partial charge on any atom is 0.222 e. The van der Waals surface area contributed by atoms with Crippen molar-refractivity contribution in [2.24, 2.45) is 17.6 Å². The molecule has 4 nitrogen and oxygen atoms in total. The van der Waals surface area contributed by atoms with Crippen molar-refractivity contribution in [2.45, 2.75) is 51.5 Å². The van der Waals surface area contributed by atoms with E-state index < -0.39 is 0 Å². The summed E-state index contributed by atoms with van der Waals surface area (Å²) < 4.78 is 0. The third-order valence-electron chi connectivity index (χ3n) is 4.90. The summed E-state index contributed by atoms with van der Waals surface area (Å²) in [5, 5.41) is 3.38. The van der Waals surface area contributed by atoms with E-state index in [0.29, 0.717) is 24.8 Å². The van der Waals surface area contributed by atoms with Crippen LogP contribution >= 0.6 is 0 Å². The van der Waals surface area contributed by atoms with Crippen LogP contribution in [0.1, 0.15) is 45.4 Å². The minimum atomic E-state index is 0.272. The zero-order chi connectivity index (χ0) is 13.7. The standard InChI is InChI=1S/C15H29N3O/c1-12-3-2-10-18(14(12)11-16)15(19)5-4-13-6-8-17-9-7-13/h12-14,17H,2-11,16H2,1H3. The first-order chi connectivity index (χ1) is 9.22. The van der Waals surface area contributed by atoms with Crippen LogP contribution in [-0.4, -0.2) is 43.0 Å². The van der Waals surface area contributed by atoms with Crippen LogP contribution in [0.5, 0.6) is 0 Å². The minimum absolute atomic E-state index is 0.272. The second-order valence-corrected chi connectivity index (χ2v) is 6.24. The highest BCUT2D eigenvalue weighted by molar-refractivity contribution is 5.76. The molecule has 2 saturated heterocycles. The monoisotopic (exact) mass is 267 g/mol. The van der Waals surface area contributed by atoms with Crippen LogP contribution in [0, 0.1) is 11.8 Å². The average Bonchev–Trinajstić information content (AvgIpc) is 2.45. The zero-order valence-corrected chi connectivity index (χ0v) is 12.2. The van der Waals surface area contributed by atoms with Gasteiger partial charge in [0.2, 0.25) is 5.91 Å². The Morgan fingerprint density at radius 3 is 2.74 bits per heavy atom. The summed E-state index contributed by atoms with van der Waals surface area (Å²) in [5.74, 6) is 1.63. The van der Waals surface area contributed by atoms with Crippen LogP contribution in [0.3, 0.4) is 0 Å².